The average molecular weight is 599 g/mol. The van der Waals surface area contributed by atoms with E-state index in [2.05, 4.69) is 6.92 Å². The standard InChI is InChI=1S/C24H35F13N2/c1-2-3-4-5-6-7-8-9-10-11-14-38-16-17-39(18-38)15-12-13-19(25,26)20(27,28)21(29,30)22(31,32)23(33,34)24(35,36)37/h16-17H,2-15,18H2,1H3. The van der Waals surface area contributed by atoms with E-state index in [1.807, 2.05) is 0 Å². The van der Waals surface area contributed by atoms with E-state index in [4.69, 9.17) is 0 Å². The minimum atomic E-state index is -7.85. The molecule has 15 heteroatoms. The van der Waals surface area contributed by atoms with Gasteiger partial charge in [-0.3, -0.25) is 0 Å². The van der Waals surface area contributed by atoms with Gasteiger partial charge in [0.15, 0.2) is 0 Å². The Morgan fingerprint density at radius 1 is 0.487 bits per heavy atom. The Balaban J connectivity index is 2.49. The van der Waals surface area contributed by atoms with Crippen LogP contribution in [-0.2, 0) is 0 Å². The van der Waals surface area contributed by atoms with Gasteiger partial charge in [-0.1, -0.05) is 64.7 Å². The Kier molecular flexibility index (Phi) is 12.6. The molecule has 232 valence electrons. The molecule has 0 unspecified atom stereocenters. The first-order valence-corrected chi connectivity index (χ1v) is 12.9. The Hall–Kier alpha value is -1.57. The van der Waals surface area contributed by atoms with Gasteiger partial charge >= 0.3 is 35.8 Å². The third-order valence-electron chi connectivity index (χ3n) is 6.58. The predicted molar refractivity (Wildman–Crippen MR) is 119 cm³/mol. The molecule has 0 aliphatic carbocycles. The molecule has 39 heavy (non-hydrogen) atoms. The van der Waals surface area contributed by atoms with Crippen LogP contribution < -0.4 is 0 Å². The van der Waals surface area contributed by atoms with Crippen molar-refractivity contribution < 1.29 is 57.1 Å². The fraction of sp³-hybridized carbons (Fsp3) is 0.917. The SMILES string of the molecule is CCCCCCCCCCCCN1C=CN(CCCC(F)(F)C(F)(F)C(F)(F)C(F)(F)C(F)(F)C(F)(F)F)C1. The number of unbranched alkanes of at least 4 members (excludes halogenated alkanes) is 9. The summed E-state index contributed by atoms with van der Waals surface area (Å²) in [7, 11) is 0. The Morgan fingerprint density at radius 2 is 0.872 bits per heavy atom. The van der Waals surface area contributed by atoms with Gasteiger partial charge < -0.3 is 9.80 Å². The quantitative estimate of drug-likeness (QED) is 0.108. The molecule has 0 radical (unpaired) electrons. The zero-order valence-corrected chi connectivity index (χ0v) is 21.6. The van der Waals surface area contributed by atoms with Crippen LogP contribution in [0.4, 0.5) is 57.1 Å². The minimum absolute atomic E-state index is 0.158. The van der Waals surface area contributed by atoms with Gasteiger partial charge in [0, 0.05) is 31.9 Å². The lowest BCUT2D eigenvalue weighted by Gasteiger charge is -2.39. The van der Waals surface area contributed by atoms with E-state index in [1.165, 1.54) is 43.2 Å². The summed E-state index contributed by atoms with van der Waals surface area (Å²) >= 11 is 0. The lowest BCUT2D eigenvalue weighted by atomic mass is 9.92. The highest BCUT2D eigenvalue weighted by molar-refractivity contribution is 5.10. The van der Waals surface area contributed by atoms with Crippen molar-refractivity contribution in [3.8, 4) is 0 Å². The van der Waals surface area contributed by atoms with Crippen molar-refractivity contribution in [3.63, 3.8) is 0 Å². The van der Waals surface area contributed by atoms with Crippen LogP contribution in [0, 0.1) is 0 Å². The number of halogens is 13. The zero-order chi connectivity index (χ0) is 30.2. The molecule has 0 N–H and O–H groups in total. The first kappa shape index (κ1) is 35.5. The molecule has 0 spiro atoms. The predicted octanol–water partition coefficient (Wildman–Crippen LogP) is 9.47. The molecule has 0 bridgehead atoms. The Labute approximate surface area is 219 Å². The lowest BCUT2D eigenvalue weighted by Crippen LogP contribution is -2.70. The van der Waals surface area contributed by atoms with Crippen LogP contribution in [0.1, 0.15) is 84.0 Å². The van der Waals surface area contributed by atoms with Crippen molar-refractivity contribution >= 4 is 0 Å². The van der Waals surface area contributed by atoms with E-state index in [9.17, 15) is 57.1 Å². The van der Waals surface area contributed by atoms with E-state index in [1.54, 1.807) is 11.1 Å². The molecule has 0 fully saturated rings. The fourth-order valence-electron chi connectivity index (χ4n) is 4.07. The van der Waals surface area contributed by atoms with Gasteiger partial charge in [-0.2, -0.15) is 57.1 Å². The van der Waals surface area contributed by atoms with Crippen LogP contribution in [0.3, 0.4) is 0 Å². The van der Waals surface area contributed by atoms with E-state index in [-0.39, 0.29) is 6.67 Å². The van der Waals surface area contributed by atoms with Crippen molar-refractivity contribution in [2.75, 3.05) is 19.8 Å². The summed E-state index contributed by atoms with van der Waals surface area (Å²) < 4.78 is 171. The third-order valence-corrected chi connectivity index (χ3v) is 6.58. The Morgan fingerprint density at radius 3 is 1.31 bits per heavy atom. The number of hydrogen-bond acceptors (Lipinski definition) is 2. The van der Waals surface area contributed by atoms with Gasteiger partial charge in [0.1, 0.15) is 0 Å². The van der Waals surface area contributed by atoms with Crippen molar-refractivity contribution in [1.82, 2.24) is 9.80 Å². The van der Waals surface area contributed by atoms with Crippen molar-refractivity contribution in [3.05, 3.63) is 12.4 Å². The second-order valence-electron chi connectivity index (χ2n) is 9.85. The topological polar surface area (TPSA) is 6.48 Å². The van der Waals surface area contributed by atoms with E-state index < -0.39 is 55.2 Å². The maximum absolute atomic E-state index is 13.9. The van der Waals surface area contributed by atoms with E-state index >= 15 is 0 Å². The van der Waals surface area contributed by atoms with Crippen LogP contribution in [0.25, 0.3) is 0 Å². The van der Waals surface area contributed by atoms with Crippen LogP contribution in [0.5, 0.6) is 0 Å². The molecule has 0 aromatic carbocycles. The smallest absolute Gasteiger partial charge is 0.359 e. The summed E-state index contributed by atoms with van der Waals surface area (Å²) in [5.74, 6) is -36.5. The maximum atomic E-state index is 13.9. The van der Waals surface area contributed by atoms with Crippen molar-refractivity contribution in [2.45, 2.75) is 120 Å². The summed E-state index contributed by atoms with van der Waals surface area (Å²) in [4.78, 5) is 3.14. The van der Waals surface area contributed by atoms with E-state index in [0.29, 0.717) is 6.54 Å². The number of nitrogens with zero attached hydrogens (tertiary/aromatic N) is 2. The summed E-state index contributed by atoms with van der Waals surface area (Å²) in [6.45, 7) is 2.50. The van der Waals surface area contributed by atoms with Crippen molar-refractivity contribution in [1.29, 1.82) is 0 Å². The number of rotatable bonds is 19. The van der Waals surface area contributed by atoms with Crippen LogP contribution in [0.15, 0.2) is 12.4 Å². The number of hydrogen-bond donors (Lipinski definition) is 0. The summed E-state index contributed by atoms with van der Waals surface area (Å²) in [5.41, 5.74) is 0. The second kappa shape index (κ2) is 13.9. The summed E-state index contributed by atoms with van der Waals surface area (Å²) in [6.07, 6.45) is 3.61. The molecular formula is C24H35F13N2. The molecule has 0 aromatic heterocycles. The van der Waals surface area contributed by atoms with Gasteiger partial charge in [0.05, 0.1) is 6.67 Å². The molecule has 0 atom stereocenters. The molecule has 1 aliphatic heterocycles. The zero-order valence-electron chi connectivity index (χ0n) is 21.6. The first-order valence-electron chi connectivity index (χ1n) is 12.9. The molecule has 1 rings (SSSR count). The molecule has 0 amide bonds. The Bertz CT molecular complexity index is 751. The minimum Gasteiger partial charge on any atom is -0.359 e. The summed E-state index contributed by atoms with van der Waals surface area (Å²) in [6, 6.07) is 0. The van der Waals surface area contributed by atoms with Gasteiger partial charge in [-0.25, -0.2) is 0 Å². The van der Waals surface area contributed by atoms with Crippen LogP contribution in [0.2, 0.25) is 0 Å². The van der Waals surface area contributed by atoms with Crippen LogP contribution >= 0.6 is 0 Å². The van der Waals surface area contributed by atoms with Crippen molar-refractivity contribution in [2.24, 2.45) is 0 Å². The first-order chi connectivity index (χ1) is 17.8. The van der Waals surface area contributed by atoms with Crippen LogP contribution in [-0.4, -0.2) is 65.3 Å². The maximum Gasteiger partial charge on any atom is 0.460 e. The summed E-state index contributed by atoms with van der Waals surface area (Å²) in [5, 5.41) is 0. The molecule has 1 aliphatic rings. The monoisotopic (exact) mass is 598 g/mol. The fourth-order valence-corrected chi connectivity index (χ4v) is 4.07. The van der Waals surface area contributed by atoms with Gasteiger partial charge in [-0.05, 0) is 12.8 Å². The molecule has 0 saturated heterocycles. The van der Waals surface area contributed by atoms with E-state index in [0.717, 1.165) is 32.1 Å². The molecule has 2 nitrogen and oxygen atoms in total. The van der Waals surface area contributed by atoms with Gasteiger partial charge in [-0.15, -0.1) is 0 Å². The average Bonchev–Trinajstić information content (AvgIpc) is 3.26. The molecule has 0 aromatic rings. The molecule has 0 saturated carbocycles. The van der Waals surface area contributed by atoms with Gasteiger partial charge in [0.2, 0.25) is 0 Å². The highest BCUT2D eigenvalue weighted by Gasteiger charge is 2.90. The second-order valence-corrected chi connectivity index (χ2v) is 9.85. The third kappa shape index (κ3) is 8.46. The number of alkyl halides is 13. The lowest BCUT2D eigenvalue weighted by molar-refractivity contribution is -0.440. The highest BCUT2D eigenvalue weighted by atomic mass is 19.4. The molecule has 1 heterocycles. The molecular weight excluding hydrogens is 563 g/mol. The van der Waals surface area contributed by atoms with Gasteiger partial charge in [0.25, 0.3) is 0 Å². The highest BCUT2D eigenvalue weighted by Crippen LogP contribution is 2.60. The largest absolute Gasteiger partial charge is 0.460 e. The normalized spacial score (nSPS) is 16.1.